The van der Waals surface area contributed by atoms with Crippen LogP contribution in [0.15, 0.2) is 24.3 Å². The fraction of sp³-hybridized carbons (Fsp3) is 0.500. The average Bonchev–Trinajstić information content (AvgIpc) is 2.46. The van der Waals surface area contributed by atoms with E-state index in [-0.39, 0.29) is 11.9 Å². The molecule has 1 heterocycles. The molecular weight excluding hydrogens is 283 g/mol. The Morgan fingerprint density at radius 1 is 1.24 bits per heavy atom. The summed E-state index contributed by atoms with van der Waals surface area (Å²) >= 11 is 0. The number of benzene rings is 1. The highest BCUT2D eigenvalue weighted by atomic mass is 19.4. The minimum absolute atomic E-state index is 0.353. The number of carbonyl (C=O) groups excluding carboxylic acids is 1. The standard InChI is InChI=1S/C14H18F3N3O/c1-10(13(18)21)19-5-7-20(8-6-19)12-4-2-3-11(9-12)14(15,16)17/h2-4,9-10H,5-8H2,1H3,(H2,18,21)/t10-/m0/s1. The molecule has 116 valence electrons. The quantitative estimate of drug-likeness (QED) is 0.924. The van der Waals surface area contributed by atoms with Gasteiger partial charge in [0, 0.05) is 31.9 Å². The van der Waals surface area contributed by atoms with E-state index in [0.29, 0.717) is 31.9 Å². The molecular formula is C14H18F3N3O. The van der Waals surface area contributed by atoms with Crippen LogP contribution < -0.4 is 10.6 Å². The molecule has 0 saturated carbocycles. The van der Waals surface area contributed by atoms with Gasteiger partial charge in [-0.15, -0.1) is 0 Å². The van der Waals surface area contributed by atoms with Gasteiger partial charge in [-0.2, -0.15) is 13.2 Å². The van der Waals surface area contributed by atoms with E-state index in [1.807, 2.05) is 9.80 Å². The van der Waals surface area contributed by atoms with E-state index < -0.39 is 11.7 Å². The van der Waals surface area contributed by atoms with Crippen LogP contribution in [0, 0.1) is 0 Å². The fourth-order valence-corrected chi connectivity index (χ4v) is 2.43. The zero-order valence-electron chi connectivity index (χ0n) is 11.7. The highest BCUT2D eigenvalue weighted by molar-refractivity contribution is 5.79. The number of carbonyl (C=O) groups is 1. The van der Waals surface area contributed by atoms with Crippen molar-refractivity contribution in [2.75, 3.05) is 31.1 Å². The van der Waals surface area contributed by atoms with Gasteiger partial charge in [-0.3, -0.25) is 9.69 Å². The number of nitrogens with two attached hydrogens (primary N) is 1. The maximum atomic E-state index is 12.7. The van der Waals surface area contributed by atoms with Crippen molar-refractivity contribution in [1.29, 1.82) is 0 Å². The Hall–Kier alpha value is -1.76. The normalized spacial score (nSPS) is 18.6. The van der Waals surface area contributed by atoms with Crippen molar-refractivity contribution in [2.24, 2.45) is 5.73 Å². The molecule has 0 bridgehead atoms. The van der Waals surface area contributed by atoms with E-state index >= 15 is 0 Å². The van der Waals surface area contributed by atoms with Gasteiger partial charge in [-0.05, 0) is 25.1 Å². The number of hydrogen-bond donors (Lipinski definition) is 1. The molecule has 1 saturated heterocycles. The third-order valence-corrected chi connectivity index (χ3v) is 3.81. The van der Waals surface area contributed by atoms with E-state index in [0.717, 1.165) is 12.1 Å². The van der Waals surface area contributed by atoms with Crippen molar-refractivity contribution in [2.45, 2.75) is 19.1 Å². The van der Waals surface area contributed by atoms with Gasteiger partial charge in [0.05, 0.1) is 11.6 Å². The number of nitrogens with zero attached hydrogens (tertiary/aromatic N) is 2. The first kappa shape index (κ1) is 15.6. The van der Waals surface area contributed by atoms with Crippen LogP contribution in [0.1, 0.15) is 12.5 Å². The van der Waals surface area contributed by atoms with Gasteiger partial charge >= 0.3 is 6.18 Å². The lowest BCUT2D eigenvalue weighted by Gasteiger charge is -2.38. The van der Waals surface area contributed by atoms with E-state index in [2.05, 4.69) is 0 Å². The SMILES string of the molecule is C[C@@H](C(N)=O)N1CCN(c2cccc(C(F)(F)F)c2)CC1. The number of hydrogen-bond acceptors (Lipinski definition) is 3. The van der Waals surface area contributed by atoms with Crippen molar-refractivity contribution in [3.63, 3.8) is 0 Å². The Labute approximate surface area is 121 Å². The predicted molar refractivity (Wildman–Crippen MR) is 73.9 cm³/mol. The molecule has 0 aromatic heterocycles. The first-order valence-electron chi connectivity index (χ1n) is 6.74. The Kier molecular flexibility index (Phi) is 4.41. The molecule has 0 unspecified atom stereocenters. The lowest BCUT2D eigenvalue weighted by Crippen LogP contribution is -2.53. The Balaban J connectivity index is 2.04. The molecule has 2 rings (SSSR count). The molecule has 1 aliphatic heterocycles. The zero-order chi connectivity index (χ0) is 15.6. The van der Waals surface area contributed by atoms with Crippen molar-refractivity contribution in [3.05, 3.63) is 29.8 Å². The van der Waals surface area contributed by atoms with Gasteiger partial charge in [-0.25, -0.2) is 0 Å². The first-order valence-corrected chi connectivity index (χ1v) is 6.74. The summed E-state index contributed by atoms with van der Waals surface area (Å²) in [5.41, 5.74) is 5.17. The van der Waals surface area contributed by atoms with Gasteiger partial charge < -0.3 is 10.6 Å². The lowest BCUT2D eigenvalue weighted by atomic mass is 10.1. The van der Waals surface area contributed by atoms with Gasteiger partial charge in [-0.1, -0.05) is 6.07 Å². The molecule has 1 aliphatic rings. The van der Waals surface area contributed by atoms with Crippen LogP contribution in [-0.4, -0.2) is 43.0 Å². The second-order valence-electron chi connectivity index (χ2n) is 5.15. The van der Waals surface area contributed by atoms with E-state index in [1.54, 1.807) is 13.0 Å². The monoisotopic (exact) mass is 301 g/mol. The predicted octanol–water partition coefficient (Wildman–Crippen LogP) is 1.70. The summed E-state index contributed by atoms with van der Waals surface area (Å²) in [5.74, 6) is -0.387. The van der Waals surface area contributed by atoms with Crippen LogP contribution in [0.4, 0.5) is 18.9 Å². The van der Waals surface area contributed by atoms with Crippen molar-refractivity contribution in [1.82, 2.24) is 4.90 Å². The summed E-state index contributed by atoms with van der Waals surface area (Å²) in [4.78, 5) is 15.0. The summed E-state index contributed by atoms with van der Waals surface area (Å²) in [6.07, 6.45) is -4.34. The molecule has 4 nitrogen and oxygen atoms in total. The molecule has 1 aromatic carbocycles. The molecule has 21 heavy (non-hydrogen) atoms. The minimum atomic E-state index is -4.34. The molecule has 1 fully saturated rings. The van der Waals surface area contributed by atoms with E-state index in [1.165, 1.54) is 6.07 Å². The first-order chi connectivity index (χ1) is 9.79. The van der Waals surface area contributed by atoms with Crippen molar-refractivity contribution >= 4 is 11.6 Å². The molecule has 0 aliphatic carbocycles. The number of amides is 1. The second kappa shape index (κ2) is 5.93. The van der Waals surface area contributed by atoms with Crippen LogP contribution in [0.5, 0.6) is 0 Å². The number of primary amides is 1. The topological polar surface area (TPSA) is 49.6 Å². The number of piperazine rings is 1. The maximum Gasteiger partial charge on any atom is 0.416 e. The van der Waals surface area contributed by atoms with Gasteiger partial charge in [0.1, 0.15) is 0 Å². The molecule has 7 heteroatoms. The zero-order valence-corrected chi connectivity index (χ0v) is 11.7. The van der Waals surface area contributed by atoms with Gasteiger partial charge in [0.15, 0.2) is 0 Å². The molecule has 2 N–H and O–H groups in total. The van der Waals surface area contributed by atoms with Crippen molar-refractivity contribution < 1.29 is 18.0 Å². The number of rotatable bonds is 3. The Morgan fingerprint density at radius 3 is 2.38 bits per heavy atom. The van der Waals surface area contributed by atoms with Gasteiger partial charge in [0.25, 0.3) is 0 Å². The maximum absolute atomic E-state index is 12.7. The third kappa shape index (κ3) is 3.66. The lowest BCUT2D eigenvalue weighted by molar-refractivity contribution is -0.137. The molecule has 0 radical (unpaired) electrons. The minimum Gasteiger partial charge on any atom is -0.369 e. The number of anilines is 1. The van der Waals surface area contributed by atoms with Gasteiger partial charge in [0.2, 0.25) is 5.91 Å². The van der Waals surface area contributed by atoms with Crippen molar-refractivity contribution in [3.8, 4) is 0 Å². The number of alkyl halides is 3. The highest BCUT2D eigenvalue weighted by Gasteiger charge is 2.31. The Bertz CT molecular complexity index is 510. The summed E-state index contributed by atoms with van der Waals surface area (Å²) in [6, 6.07) is 4.95. The second-order valence-corrected chi connectivity index (χ2v) is 5.15. The van der Waals surface area contributed by atoms with E-state index in [4.69, 9.17) is 5.73 Å². The Morgan fingerprint density at radius 2 is 1.86 bits per heavy atom. The molecule has 0 spiro atoms. The van der Waals surface area contributed by atoms with Crippen LogP contribution in [0.2, 0.25) is 0 Å². The van der Waals surface area contributed by atoms with Crippen LogP contribution in [-0.2, 0) is 11.0 Å². The summed E-state index contributed by atoms with van der Waals surface area (Å²) in [6.45, 7) is 4.07. The third-order valence-electron chi connectivity index (χ3n) is 3.81. The molecule has 1 amide bonds. The fourth-order valence-electron chi connectivity index (χ4n) is 2.43. The van der Waals surface area contributed by atoms with E-state index in [9.17, 15) is 18.0 Å². The average molecular weight is 301 g/mol. The smallest absolute Gasteiger partial charge is 0.369 e. The van der Waals surface area contributed by atoms with Crippen LogP contribution in [0.25, 0.3) is 0 Å². The highest BCUT2D eigenvalue weighted by Crippen LogP contribution is 2.31. The summed E-state index contributed by atoms with van der Waals surface area (Å²) in [7, 11) is 0. The largest absolute Gasteiger partial charge is 0.416 e. The summed E-state index contributed by atoms with van der Waals surface area (Å²) in [5, 5.41) is 0. The van der Waals surface area contributed by atoms with Crippen LogP contribution >= 0.6 is 0 Å². The molecule has 1 aromatic rings. The summed E-state index contributed by atoms with van der Waals surface area (Å²) < 4.78 is 38.1. The van der Waals surface area contributed by atoms with Crippen LogP contribution in [0.3, 0.4) is 0 Å². The molecule has 1 atom stereocenters. The number of halogens is 3.